The molecule has 3 heteroatoms. The molecule has 0 radical (unpaired) electrons. The number of hydrogen-bond donors (Lipinski definition) is 0. The maximum Gasteiger partial charge on any atom is 0.164 e. The number of ether oxygens (including phenoxy) is 1. The van der Waals surface area contributed by atoms with E-state index in [0.717, 1.165) is 25.7 Å². The van der Waals surface area contributed by atoms with Crippen LogP contribution in [-0.4, -0.2) is 7.11 Å². The van der Waals surface area contributed by atoms with Gasteiger partial charge < -0.3 is 4.74 Å². The summed E-state index contributed by atoms with van der Waals surface area (Å²) in [6, 6.07) is 3.44. The molecule has 0 aromatic heterocycles. The van der Waals surface area contributed by atoms with Crippen molar-refractivity contribution >= 4 is 0 Å². The number of benzene rings is 1. The van der Waals surface area contributed by atoms with E-state index in [1.807, 2.05) is 0 Å². The monoisotopic (exact) mass is 334 g/mol. The van der Waals surface area contributed by atoms with Crippen molar-refractivity contribution in [3.63, 3.8) is 0 Å². The summed E-state index contributed by atoms with van der Waals surface area (Å²) >= 11 is 0. The second-order valence-electron chi connectivity index (χ2n) is 7.59. The zero-order chi connectivity index (χ0) is 17.1. The first-order valence-electron chi connectivity index (χ1n) is 9.24. The van der Waals surface area contributed by atoms with Crippen LogP contribution in [0.15, 0.2) is 24.3 Å². The van der Waals surface area contributed by atoms with Crippen molar-refractivity contribution in [1.82, 2.24) is 0 Å². The Morgan fingerprint density at radius 2 is 1.71 bits per heavy atom. The van der Waals surface area contributed by atoms with E-state index in [1.165, 1.54) is 20.0 Å². The van der Waals surface area contributed by atoms with Crippen LogP contribution >= 0.6 is 0 Å². The highest BCUT2D eigenvalue weighted by atomic mass is 19.2. The van der Waals surface area contributed by atoms with Crippen molar-refractivity contribution in [3.8, 4) is 0 Å². The molecule has 0 aliphatic heterocycles. The van der Waals surface area contributed by atoms with E-state index in [2.05, 4.69) is 19.1 Å². The van der Waals surface area contributed by atoms with E-state index < -0.39 is 11.6 Å². The molecule has 2 aliphatic rings. The van der Waals surface area contributed by atoms with Crippen LogP contribution in [-0.2, 0) is 11.3 Å². The van der Waals surface area contributed by atoms with Crippen molar-refractivity contribution in [2.24, 2.45) is 17.8 Å². The van der Waals surface area contributed by atoms with E-state index in [0.29, 0.717) is 28.9 Å². The molecule has 1 fully saturated rings. The van der Waals surface area contributed by atoms with Gasteiger partial charge in [0.25, 0.3) is 0 Å². The summed E-state index contributed by atoms with van der Waals surface area (Å²) < 4.78 is 33.5. The van der Waals surface area contributed by atoms with Gasteiger partial charge in [0.05, 0.1) is 6.61 Å². The first-order chi connectivity index (χ1) is 11.6. The molecule has 0 heterocycles. The largest absolute Gasteiger partial charge is 0.380 e. The molecule has 1 nitrogen and oxygen atoms in total. The summed E-state index contributed by atoms with van der Waals surface area (Å²) in [6.45, 7) is 2.39. The smallest absolute Gasteiger partial charge is 0.164 e. The summed E-state index contributed by atoms with van der Waals surface area (Å²) in [7, 11) is 1.49. The zero-order valence-corrected chi connectivity index (χ0v) is 14.7. The van der Waals surface area contributed by atoms with Gasteiger partial charge in [-0.1, -0.05) is 31.2 Å². The highest BCUT2D eigenvalue weighted by molar-refractivity contribution is 5.29. The van der Waals surface area contributed by atoms with Crippen molar-refractivity contribution in [1.29, 1.82) is 0 Å². The molecule has 2 aliphatic carbocycles. The third-order valence-corrected chi connectivity index (χ3v) is 5.95. The van der Waals surface area contributed by atoms with Gasteiger partial charge in [0.1, 0.15) is 0 Å². The van der Waals surface area contributed by atoms with E-state index in [1.54, 1.807) is 12.1 Å². The number of methoxy groups -OCH3 is 1. The standard InChI is InChI=1S/C21H28F2O/c1-14-3-5-15(6-4-14)16-7-9-17(10-8-16)19-12-11-18(13-24-2)20(22)21(19)23/h3,5,11-12,14-17H,4,6-10,13H2,1-2H3. The molecular formula is C21H28F2O. The maximum atomic E-state index is 14.4. The molecule has 2 unspecified atom stereocenters. The van der Waals surface area contributed by atoms with E-state index in [9.17, 15) is 8.78 Å². The van der Waals surface area contributed by atoms with Crippen molar-refractivity contribution in [2.75, 3.05) is 7.11 Å². The second-order valence-corrected chi connectivity index (χ2v) is 7.59. The molecular weight excluding hydrogens is 306 g/mol. The van der Waals surface area contributed by atoms with E-state index >= 15 is 0 Å². The van der Waals surface area contributed by atoms with Crippen LogP contribution in [0.5, 0.6) is 0 Å². The summed E-state index contributed by atoms with van der Waals surface area (Å²) in [5.41, 5.74) is 0.854. The Balaban J connectivity index is 1.64. The lowest BCUT2D eigenvalue weighted by Crippen LogP contribution is -2.22. The minimum absolute atomic E-state index is 0.113. The molecule has 2 atom stereocenters. The van der Waals surface area contributed by atoms with Gasteiger partial charge in [0, 0.05) is 12.7 Å². The molecule has 0 bridgehead atoms. The van der Waals surface area contributed by atoms with Gasteiger partial charge in [-0.15, -0.1) is 0 Å². The van der Waals surface area contributed by atoms with Gasteiger partial charge in [-0.2, -0.15) is 0 Å². The lowest BCUT2D eigenvalue weighted by atomic mass is 9.71. The molecule has 1 aromatic carbocycles. The normalized spacial score (nSPS) is 30.5. The van der Waals surface area contributed by atoms with Crippen LogP contribution in [0.4, 0.5) is 8.78 Å². The fraction of sp³-hybridized carbons (Fsp3) is 0.619. The summed E-state index contributed by atoms with van der Waals surface area (Å²) in [5.74, 6) is 0.859. The lowest BCUT2D eigenvalue weighted by Gasteiger charge is -2.35. The summed E-state index contributed by atoms with van der Waals surface area (Å²) in [4.78, 5) is 0. The topological polar surface area (TPSA) is 9.23 Å². The number of allylic oxidation sites excluding steroid dienone is 2. The van der Waals surface area contributed by atoms with E-state index in [-0.39, 0.29) is 12.5 Å². The molecule has 3 rings (SSSR count). The highest BCUT2D eigenvalue weighted by Crippen LogP contribution is 2.42. The van der Waals surface area contributed by atoms with Crippen molar-refractivity contribution in [2.45, 2.75) is 58.0 Å². The number of rotatable bonds is 4. The Labute approximate surface area is 144 Å². The van der Waals surface area contributed by atoms with Gasteiger partial charge >= 0.3 is 0 Å². The van der Waals surface area contributed by atoms with Crippen LogP contribution in [0.1, 0.15) is 62.5 Å². The van der Waals surface area contributed by atoms with Crippen molar-refractivity contribution in [3.05, 3.63) is 47.0 Å². The van der Waals surface area contributed by atoms with Gasteiger partial charge in [0.2, 0.25) is 0 Å². The Bertz CT molecular complexity index is 588. The minimum Gasteiger partial charge on any atom is -0.380 e. The first-order valence-corrected chi connectivity index (χ1v) is 9.24. The predicted octanol–water partition coefficient (Wildman–Crippen LogP) is 5.99. The summed E-state index contributed by atoms with van der Waals surface area (Å²) in [5, 5.41) is 0. The van der Waals surface area contributed by atoms with Gasteiger partial charge in [0.15, 0.2) is 11.6 Å². The van der Waals surface area contributed by atoms with Crippen LogP contribution in [0, 0.1) is 29.4 Å². The van der Waals surface area contributed by atoms with Gasteiger partial charge in [-0.3, -0.25) is 0 Å². The predicted molar refractivity (Wildman–Crippen MR) is 92.8 cm³/mol. The average Bonchev–Trinajstić information content (AvgIpc) is 2.60. The molecule has 24 heavy (non-hydrogen) atoms. The third kappa shape index (κ3) is 3.72. The molecule has 1 aromatic rings. The number of halogens is 2. The van der Waals surface area contributed by atoms with Crippen LogP contribution in [0.25, 0.3) is 0 Å². The quantitative estimate of drug-likeness (QED) is 0.615. The van der Waals surface area contributed by atoms with Gasteiger partial charge in [-0.25, -0.2) is 8.78 Å². The zero-order valence-electron chi connectivity index (χ0n) is 14.7. The number of hydrogen-bond acceptors (Lipinski definition) is 1. The van der Waals surface area contributed by atoms with Crippen LogP contribution < -0.4 is 0 Å². The molecule has 0 saturated heterocycles. The van der Waals surface area contributed by atoms with E-state index in [4.69, 9.17) is 4.74 Å². The molecule has 0 N–H and O–H groups in total. The Kier molecular flexibility index (Phi) is 5.70. The Hall–Kier alpha value is -1.22. The van der Waals surface area contributed by atoms with Crippen LogP contribution in [0.2, 0.25) is 0 Å². The fourth-order valence-corrected chi connectivity index (χ4v) is 4.42. The lowest BCUT2D eigenvalue weighted by molar-refractivity contribution is 0.180. The average molecular weight is 334 g/mol. The molecule has 0 spiro atoms. The molecule has 0 amide bonds. The Morgan fingerprint density at radius 3 is 2.33 bits per heavy atom. The SMILES string of the molecule is COCc1ccc(C2CCC(C3C=CC(C)CC3)CC2)c(F)c1F. The minimum atomic E-state index is -0.735. The highest BCUT2D eigenvalue weighted by Gasteiger charge is 2.30. The molecule has 1 saturated carbocycles. The first kappa shape index (κ1) is 17.6. The molecule has 132 valence electrons. The second kappa shape index (κ2) is 7.77. The van der Waals surface area contributed by atoms with Crippen LogP contribution in [0.3, 0.4) is 0 Å². The maximum absolute atomic E-state index is 14.4. The van der Waals surface area contributed by atoms with Gasteiger partial charge in [-0.05, 0) is 67.8 Å². The summed E-state index contributed by atoms with van der Waals surface area (Å²) in [6.07, 6.45) is 11.5. The Morgan fingerprint density at radius 1 is 0.958 bits per heavy atom. The third-order valence-electron chi connectivity index (χ3n) is 5.95. The van der Waals surface area contributed by atoms with Crippen molar-refractivity contribution < 1.29 is 13.5 Å². The fourth-order valence-electron chi connectivity index (χ4n) is 4.42.